The highest BCUT2D eigenvalue weighted by Gasteiger charge is 2.30. The Morgan fingerprint density at radius 2 is 1.96 bits per heavy atom. The maximum absolute atomic E-state index is 5.51. The fourth-order valence-electron chi connectivity index (χ4n) is 4.70. The van der Waals surface area contributed by atoms with Crippen LogP contribution in [0.15, 0.2) is 4.99 Å². The van der Waals surface area contributed by atoms with Crippen LogP contribution < -0.4 is 5.32 Å². The molecule has 3 unspecified atom stereocenters. The summed E-state index contributed by atoms with van der Waals surface area (Å²) >= 11 is 0. The Kier molecular flexibility index (Phi) is 7.58. The second kappa shape index (κ2) is 9.90. The summed E-state index contributed by atoms with van der Waals surface area (Å²) in [6.07, 6.45) is 5.30. The van der Waals surface area contributed by atoms with Gasteiger partial charge in [0.25, 0.3) is 0 Å². The van der Waals surface area contributed by atoms with E-state index in [9.17, 15) is 0 Å². The third kappa shape index (κ3) is 5.11. The zero-order valence-corrected chi connectivity index (χ0v) is 17.1. The van der Waals surface area contributed by atoms with Crippen LogP contribution in [0, 0.1) is 0 Å². The van der Waals surface area contributed by atoms with Gasteiger partial charge in [0.05, 0.1) is 19.8 Å². The summed E-state index contributed by atoms with van der Waals surface area (Å²) in [7, 11) is 0. The molecule has 3 rings (SSSR count). The van der Waals surface area contributed by atoms with Gasteiger partial charge in [-0.25, -0.2) is 0 Å². The first-order chi connectivity index (χ1) is 12.7. The van der Waals surface area contributed by atoms with Crippen molar-refractivity contribution in [2.45, 2.75) is 64.6 Å². The number of likely N-dealkylation sites (tertiary alicyclic amines) is 2. The van der Waals surface area contributed by atoms with Gasteiger partial charge >= 0.3 is 0 Å². The van der Waals surface area contributed by atoms with Gasteiger partial charge in [0.2, 0.25) is 0 Å². The standard InChI is InChI=1S/C20H39N5O/c1-4-21-20(22-15-18(3)25-9-6-5-7-17(25)2)24-10-8-19(16-24)23-11-13-26-14-12-23/h17-19H,4-16H2,1-3H3,(H,21,22). The molecule has 1 N–H and O–H groups in total. The lowest BCUT2D eigenvalue weighted by molar-refractivity contribution is 0.0195. The molecule has 26 heavy (non-hydrogen) atoms. The van der Waals surface area contributed by atoms with Crippen LogP contribution in [0.2, 0.25) is 0 Å². The van der Waals surface area contributed by atoms with Gasteiger partial charge in [-0.05, 0) is 46.6 Å². The molecule has 0 saturated carbocycles. The lowest BCUT2D eigenvalue weighted by Crippen LogP contribution is -2.47. The van der Waals surface area contributed by atoms with Gasteiger partial charge in [0.15, 0.2) is 5.96 Å². The molecule has 3 atom stereocenters. The molecule has 3 heterocycles. The Morgan fingerprint density at radius 3 is 2.69 bits per heavy atom. The second-order valence-corrected chi connectivity index (χ2v) is 8.16. The maximum Gasteiger partial charge on any atom is 0.194 e. The molecule has 0 bridgehead atoms. The van der Waals surface area contributed by atoms with Gasteiger partial charge < -0.3 is 15.0 Å². The molecule has 150 valence electrons. The van der Waals surface area contributed by atoms with Crippen molar-refractivity contribution in [3.8, 4) is 0 Å². The van der Waals surface area contributed by atoms with Crippen LogP contribution in [0.1, 0.15) is 46.5 Å². The number of piperidine rings is 1. The van der Waals surface area contributed by atoms with E-state index in [0.717, 1.165) is 58.4 Å². The van der Waals surface area contributed by atoms with Crippen LogP contribution in [0.3, 0.4) is 0 Å². The second-order valence-electron chi connectivity index (χ2n) is 8.16. The highest BCUT2D eigenvalue weighted by atomic mass is 16.5. The molecule has 3 aliphatic rings. The molecule has 0 amide bonds. The summed E-state index contributed by atoms with van der Waals surface area (Å²) in [5.41, 5.74) is 0. The van der Waals surface area contributed by atoms with E-state index in [0.29, 0.717) is 18.1 Å². The predicted octanol–water partition coefficient (Wildman–Crippen LogP) is 1.62. The minimum Gasteiger partial charge on any atom is -0.379 e. The van der Waals surface area contributed by atoms with Crippen LogP contribution >= 0.6 is 0 Å². The van der Waals surface area contributed by atoms with Gasteiger partial charge in [0.1, 0.15) is 0 Å². The number of morpholine rings is 1. The van der Waals surface area contributed by atoms with Crippen molar-refractivity contribution >= 4 is 5.96 Å². The Bertz CT molecular complexity index is 451. The van der Waals surface area contributed by atoms with Gasteiger partial charge in [-0.1, -0.05) is 6.42 Å². The van der Waals surface area contributed by atoms with Crippen molar-refractivity contribution in [3.05, 3.63) is 0 Å². The van der Waals surface area contributed by atoms with E-state index >= 15 is 0 Å². The first-order valence-corrected chi connectivity index (χ1v) is 10.8. The Labute approximate surface area is 159 Å². The summed E-state index contributed by atoms with van der Waals surface area (Å²) in [6.45, 7) is 16.1. The van der Waals surface area contributed by atoms with E-state index in [1.165, 1.54) is 32.2 Å². The molecule has 3 saturated heterocycles. The van der Waals surface area contributed by atoms with Crippen molar-refractivity contribution in [1.82, 2.24) is 20.0 Å². The lowest BCUT2D eigenvalue weighted by Gasteiger charge is -2.37. The molecule has 6 nitrogen and oxygen atoms in total. The van der Waals surface area contributed by atoms with Crippen molar-refractivity contribution in [2.24, 2.45) is 4.99 Å². The molecule has 0 radical (unpaired) electrons. The van der Waals surface area contributed by atoms with E-state index in [4.69, 9.17) is 9.73 Å². The number of rotatable bonds is 5. The third-order valence-electron chi connectivity index (χ3n) is 6.29. The number of nitrogens with one attached hydrogen (secondary N) is 1. The fraction of sp³-hybridized carbons (Fsp3) is 0.950. The molecule has 0 aromatic heterocycles. The first kappa shape index (κ1) is 19.9. The molecular weight excluding hydrogens is 326 g/mol. The highest BCUT2D eigenvalue weighted by molar-refractivity contribution is 5.80. The number of nitrogens with zero attached hydrogens (tertiary/aromatic N) is 4. The van der Waals surface area contributed by atoms with Gasteiger partial charge in [-0.15, -0.1) is 0 Å². The zero-order chi connectivity index (χ0) is 18.4. The molecule has 0 aromatic rings. The Hall–Kier alpha value is -0.850. The summed E-state index contributed by atoms with van der Waals surface area (Å²) in [4.78, 5) is 12.8. The molecule has 0 aliphatic carbocycles. The molecule has 3 fully saturated rings. The molecule has 6 heteroatoms. The fourth-order valence-corrected chi connectivity index (χ4v) is 4.70. The SMILES string of the molecule is CCNC(=NCC(C)N1CCCCC1C)N1CCC(N2CCOCC2)C1. The van der Waals surface area contributed by atoms with Crippen molar-refractivity contribution in [2.75, 3.05) is 59.0 Å². The van der Waals surface area contributed by atoms with Crippen LogP contribution in [-0.4, -0.2) is 97.8 Å². The number of ether oxygens (including phenoxy) is 1. The Morgan fingerprint density at radius 1 is 1.15 bits per heavy atom. The number of hydrogen-bond acceptors (Lipinski definition) is 4. The van der Waals surface area contributed by atoms with Crippen LogP contribution in [0.5, 0.6) is 0 Å². The normalized spacial score (nSPS) is 30.6. The molecular formula is C20H39N5O. The van der Waals surface area contributed by atoms with E-state index in [1.54, 1.807) is 0 Å². The quantitative estimate of drug-likeness (QED) is 0.592. The largest absolute Gasteiger partial charge is 0.379 e. The minimum absolute atomic E-state index is 0.525. The average molecular weight is 366 g/mol. The molecule has 3 aliphatic heterocycles. The zero-order valence-electron chi connectivity index (χ0n) is 17.1. The summed E-state index contributed by atoms with van der Waals surface area (Å²) in [6, 6.07) is 1.88. The predicted molar refractivity (Wildman–Crippen MR) is 108 cm³/mol. The summed E-state index contributed by atoms with van der Waals surface area (Å²) in [5.74, 6) is 1.11. The van der Waals surface area contributed by atoms with Crippen LogP contribution in [-0.2, 0) is 4.74 Å². The maximum atomic E-state index is 5.51. The monoisotopic (exact) mass is 365 g/mol. The van der Waals surface area contributed by atoms with Gasteiger partial charge in [-0.3, -0.25) is 14.8 Å². The van der Waals surface area contributed by atoms with Crippen molar-refractivity contribution in [3.63, 3.8) is 0 Å². The van der Waals surface area contributed by atoms with Gasteiger partial charge in [0, 0.05) is 50.8 Å². The topological polar surface area (TPSA) is 43.3 Å². The number of hydrogen-bond donors (Lipinski definition) is 1. The number of guanidine groups is 1. The summed E-state index contributed by atoms with van der Waals surface area (Å²) < 4.78 is 5.51. The first-order valence-electron chi connectivity index (χ1n) is 10.8. The van der Waals surface area contributed by atoms with E-state index < -0.39 is 0 Å². The van der Waals surface area contributed by atoms with Crippen molar-refractivity contribution < 1.29 is 4.74 Å². The van der Waals surface area contributed by atoms with Gasteiger partial charge in [-0.2, -0.15) is 0 Å². The lowest BCUT2D eigenvalue weighted by atomic mass is 10.0. The van der Waals surface area contributed by atoms with E-state index in [2.05, 4.69) is 40.8 Å². The number of aliphatic imine (C=N–C) groups is 1. The highest BCUT2D eigenvalue weighted by Crippen LogP contribution is 2.20. The summed E-state index contributed by atoms with van der Waals surface area (Å²) in [5, 5.41) is 3.53. The van der Waals surface area contributed by atoms with Crippen LogP contribution in [0.4, 0.5) is 0 Å². The smallest absolute Gasteiger partial charge is 0.194 e. The third-order valence-corrected chi connectivity index (χ3v) is 6.29. The molecule has 0 aromatic carbocycles. The van der Waals surface area contributed by atoms with E-state index in [-0.39, 0.29) is 0 Å². The minimum atomic E-state index is 0.525. The molecule has 0 spiro atoms. The van der Waals surface area contributed by atoms with E-state index in [1.807, 2.05) is 0 Å². The van der Waals surface area contributed by atoms with Crippen LogP contribution in [0.25, 0.3) is 0 Å². The Balaban J connectivity index is 1.55. The average Bonchev–Trinajstić information content (AvgIpc) is 3.16. The van der Waals surface area contributed by atoms with Crippen molar-refractivity contribution in [1.29, 1.82) is 0 Å².